The molecule has 142 valence electrons. The molecule has 8 nitrogen and oxygen atoms in total. The summed E-state index contributed by atoms with van der Waals surface area (Å²) >= 11 is 0. The van der Waals surface area contributed by atoms with E-state index < -0.39 is 29.5 Å². The second kappa shape index (κ2) is 8.79. The van der Waals surface area contributed by atoms with Gasteiger partial charge in [0.15, 0.2) is 12.7 Å². The Morgan fingerprint density at radius 1 is 1.19 bits per heavy atom. The number of hydrogen-bond donors (Lipinski definition) is 1. The Morgan fingerprint density at radius 2 is 1.93 bits per heavy atom. The highest BCUT2D eigenvalue weighted by molar-refractivity contribution is 5.94. The van der Waals surface area contributed by atoms with Crippen molar-refractivity contribution in [3.63, 3.8) is 0 Å². The van der Waals surface area contributed by atoms with E-state index in [9.17, 15) is 19.7 Å². The number of nitro benzene ring substituents is 1. The van der Waals surface area contributed by atoms with Crippen LogP contribution in [-0.4, -0.2) is 29.5 Å². The summed E-state index contributed by atoms with van der Waals surface area (Å²) in [4.78, 5) is 34.2. The molecule has 2 aromatic rings. The highest BCUT2D eigenvalue weighted by Crippen LogP contribution is 2.21. The van der Waals surface area contributed by atoms with Crippen LogP contribution in [0.4, 0.5) is 11.4 Å². The van der Waals surface area contributed by atoms with Crippen molar-refractivity contribution >= 4 is 23.3 Å². The Hall–Kier alpha value is -3.42. The van der Waals surface area contributed by atoms with Gasteiger partial charge in [-0.05, 0) is 44.0 Å². The van der Waals surface area contributed by atoms with Crippen molar-refractivity contribution in [1.29, 1.82) is 0 Å². The highest BCUT2D eigenvalue weighted by atomic mass is 16.6. The molecular weight excluding hydrogens is 352 g/mol. The zero-order chi connectivity index (χ0) is 20.0. The third-order valence-electron chi connectivity index (χ3n) is 3.69. The molecule has 2 aromatic carbocycles. The van der Waals surface area contributed by atoms with E-state index in [0.29, 0.717) is 11.3 Å². The summed E-state index contributed by atoms with van der Waals surface area (Å²) in [5.74, 6) is -0.770. The third-order valence-corrected chi connectivity index (χ3v) is 3.69. The molecule has 0 aliphatic heterocycles. The third kappa shape index (κ3) is 5.81. The maximum Gasteiger partial charge on any atom is 0.347 e. The lowest BCUT2D eigenvalue weighted by Gasteiger charge is -2.14. The normalized spacial score (nSPS) is 11.4. The van der Waals surface area contributed by atoms with Crippen molar-refractivity contribution in [3.8, 4) is 5.75 Å². The average Bonchev–Trinajstić information content (AvgIpc) is 2.61. The van der Waals surface area contributed by atoms with Crippen LogP contribution >= 0.6 is 0 Å². The number of benzene rings is 2. The Balaban J connectivity index is 1.88. The van der Waals surface area contributed by atoms with Crippen molar-refractivity contribution in [2.45, 2.75) is 26.9 Å². The molecule has 8 heteroatoms. The fraction of sp³-hybridized carbons (Fsp3) is 0.263. The molecule has 2 rings (SSSR count). The molecule has 0 heterocycles. The maximum atomic E-state index is 12.0. The lowest BCUT2D eigenvalue weighted by Crippen LogP contribution is -2.29. The van der Waals surface area contributed by atoms with E-state index in [4.69, 9.17) is 9.47 Å². The van der Waals surface area contributed by atoms with Gasteiger partial charge in [0.2, 0.25) is 0 Å². The van der Waals surface area contributed by atoms with Crippen LogP contribution in [0.1, 0.15) is 18.1 Å². The summed E-state index contributed by atoms with van der Waals surface area (Å²) < 4.78 is 10.4. The number of carbonyl (C=O) groups is 2. The molecule has 1 atom stereocenters. The Morgan fingerprint density at radius 3 is 2.59 bits per heavy atom. The van der Waals surface area contributed by atoms with Gasteiger partial charge in [-0.25, -0.2) is 4.79 Å². The zero-order valence-electron chi connectivity index (χ0n) is 15.2. The van der Waals surface area contributed by atoms with Crippen LogP contribution in [0.5, 0.6) is 5.75 Å². The largest absolute Gasteiger partial charge is 0.479 e. The number of anilines is 1. The first-order chi connectivity index (χ1) is 12.8. The van der Waals surface area contributed by atoms with Crippen LogP contribution in [0.15, 0.2) is 42.5 Å². The first-order valence-electron chi connectivity index (χ1n) is 8.21. The fourth-order valence-electron chi connectivity index (χ4n) is 2.24. The number of nitrogens with one attached hydrogen (secondary N) is 1. The van der Waals surface area contributed by atoms with Gasteiger partial charge in [-0.2, -0.15) is 0 Å². The van der Waals surface area contributed by atoms with Crippen molar-refractivity contribution in [3.05, 3.63) is 63.7 Å². The molecular formula is C19H20N2O6. The average molecular weight is 372 g/mol. The summed E-state index contributed by atoms with van der Waals surface area (Å²) in [6, 6.07) is 11.3. The van der Waals surface area contributed by atoms with Gasteiger partial charge >= 0.3 is 5.97 Å². The molecule has 1 N–H and O–H groups in total. The topological polar surface area (TPSA) is 108 Å². The van der Waals surface area contributed by atoms with Crippen LogP contribution in [0, 0.1) is 24.0 Å². The summed E-state index contributed by atoms with van der Waals surface area (Å²) in [5, 5.41) is 13.3. The number of rotatable bonds is 7. The van der Waals surface area contributed by atoms with Gasteiger partial charge < -0.3 is 14.8 Å². The number of amides is 1. The number of aryl methyl sites for hydroxylation is 2. The van der Waals surface area contributed by atoms with Crippen LogP contribution in [-0.2, 0) is 14.3 Å². The number of carbonyl (C=O) groups excluding carboxylic acids is 2. The Labute approximate surface area is 156 Å². The van der Waals surface area contributed by atoms with Crippen LogP contribution in [0.25, 0.3) is 0 Å². The number of ether oxygens (including phenoxy) is 2. The van der Waals surface area contributed by atoms with Crippen molar-refractivity contribution in [2.24, 2.45) is 0 Å². The Bertz CT molecular complexity index is 865. The van der Waals surface area contributed by atoms with E-state index in [1.807, 2.05) is 13.0 Å². The number of hydrogen-bond acceptors (Lipinski definition) is 6. The van der Waals surface area contributed by atoms with Gasteiger partial charge in [0.1, 0.15) is 5.75 Å². The van der Waals surface area contributed by atoms with Gasteiger partial charge in [-0.1, -0.05) is 18.2 Å². The van der Waals surface area contributed by atoms with Gasteiger partial charge in [0, 0.05) is 12.1 Å². The minimum absolute atomic E-state index is 0.145. The second-order valence-corrected chi connectivity index (χ2v) is 5.99. The van der Waals surface area contributed by atoms with Crippen molar-refractivity contribution in [2.75, 3.05) is 11.9 Å². The molecule has 27 heavy (non-hydrogen) atoms. The quantitative estimate of drug-likeness (QED) is 0.454. The number of nitrogens with zero attached hydrogens (tertiary/aromatic N) is 1. The Kier molecular flexibility index (Phi) is 6.48. The highest BCUT2D eigenvalue weighted by Gasteiger charge is 2.18. The maximum absolute atomic E-state index is 12.0. The predicted molar refractivity (Wildman–Crippen MR) is 98.7 cm³/mol. The number of non-ortho nitro benzene ring substituents is 1. The lowest BCUT2D eigenvalue weighted by molar-refractivity contribution is -0.384. The number of nitro groups is 1. The molecule has 0 aliphatic carbocycles. The van der Waals surface area contributed by atoms with Crippen molar-refractivity contribution in [1.82, 2.24) is 0 Å². The van der Waals surface area contributed by atoms with E-state index in [1.165, 1.54) is 25.1 Å². The first kappa shape index (κ1) is 19.9. The molecule has 0 aromatic heterocycles. The molecule has 0 saturated carbocycles. The minimum Gasteiger partial charge on any atom is -0.479 e. The summed E-state index contributed by atoms with van der Waals surface area (Å²) in [6.07, 6.45) is -0.890. The molecule has 0 radical (unpaired) electrons. The fourth-order valence-corrected chi connectivity index (χ4v) is 2.24. The van der Waals surface area contributed by atoms with Crippen LogP contribution in [0.2, 0.25) is 0 Å². The van der Waals surface area contributed by atoms with Gasteiger partial charge in [0.25, 0.3) is 11.6 Å². The van der Waals surface area contributed by atoms with Crippen LogP contribution < -0.4 is 10.1 Å². The predicted octanol–water partition coefficient (Wildman–Crippen LogP) is 3.16. The summed E-state index contributed by atoms with van der Waals surface area (Å²) in [7, 11) is 0. The standard InChI is InChI=1S/C19H20N2O6/c1-12-5-4-6-16(9-12)27-14(3)19(23)26-11-18(22)20-17-10-15(21(24)25)8-7-13(17)2/h4-10,14H,11H2,1-3H3,(H,20,22)/t14-/m1/s1. The minimum atomic E-state index is -0.890. The van der Waals surface area contributed by atoms with Gasteiger partial charge in [-0.15, -0.1) is 0 Å². The molecule has 0 aliphatic rings. The smallest absolute Gasteiger partial charge is 0.347 e. The SMILES string of the molecule is Cc1cccc(O[C@H](C)C(=O)OCC(=O)Nc2cc([N+](=O)[O-])ccc2C)c1. The monoisotopic (exact) mass is 372 g/mol. The van der Waals surface area contributed by atoms with E-state index in [1.54, 1.807) is 25.1 Å². The second-order valence-electron chi connectivity index (χ2n) is 5.99. The molecule has 0 unspecified atom stereocenters. The zero-order valence-corrected chi connectivity index (χ0v) is 15.2. The van der Waals surface area contributed by atoms with Crippen molar-refractivity contribution < 1.29 is 24.0 Å². The summed E-state index contributed by atoms with van der Waals surface area (Å²) in [6.45, 7) is 4.59. The molecule has 0 saturated heterocycles. The van der Waals surface area contributed by atoms with E-state index in [-0.39, 0.29) is 11.4 Å². The molecule has 0 bridgehead atoms. The molecule has 0 fully saturated rings. The van der Waals surface area contributed by atoms with Gasteiger partial charge in [-0.3, -0.25) is 14.9 Å². The van der Waals surface area contributed by atoms with E-state index in [0.717, 1.165) is 5.56 Å². The van der Waals surface area contributed by atoms with Crippen LogP contribution in [0.3, 0.4) is 0 Å². The molecule has 1 amide bonds. The lowest BCUT2D eigenvalue weighted by atomic mass is 10.2. The summed E-state index contributed by atoms with van der Waals surface area (Å²) in [5.41, 5.74) is 1.78. The number of esters is 1. The molecule has 0 spiro atoms. The van der Waals surface area contributed by atoms with Gasteiger partial charge in [0.05, 0.1) is 10.6 Å². The first-order valence-corrected chi connectivity index (χ1v) is 8.21. The van der Waals surface area contributed by atoms with E-state index >= 15 is 0 Å². The van der Waals surface area contributed by atoms with E-state index in [2.05, 4.69) is 5.32 Å².